The van der Waals surface area contributed by atoms with E-state index in [0.717, 1.165) is 11.3 Å². The molecule has 0 aliphatic carbocycles. The van der Waals surface area contributed by atoms with E-state index in [1.165, 1.54) is 0 Å². The number of hydrogen-bond acceptors (Lipinski definition) is 6. The highest BCUT2D eigenvalue weighted by molar-refractivity contribution is 5.82. The number of nitrogens with one attached hydrogen (secondary N) is 2. The zero-order chi connectivity index (χ0) is 13.7. The molecule has 1 aromatic heterocycles. The van der Waals surface area contributed by atoms with Gasteiger partial charge in [0.2, 0.25) is 5.91 Å². The van der Waals surface area contributed by atoms with Crippen LogP contribution in [0.4, 0.5) is 0 Å². The van der Waals surface area contributed by atoms with Crippen molar-refractivity contribution in [1.29, 1.82) is 0 Å². The number of methoxy groups -OCH3 is 1. The number of ether oxygens (including phenoxy) is 1. The van der Waals surface area contributed by atoms with Gasteiger partial charge in [0, 0.05) is 0 Å². The lowest BCUT2D eigenvalue weighted by Gasteiger charge is -2.11. The molecule has 1 atom stereocenters. The highest BCUT2D eigenvalue weighted by atomic mass is 16.5. The SMILES string of the molecule is COc1ccc(C[C@@H](C(=O)NN)c2nn[nH]n2)cc1. The fourth-order valence-electron chi connectivity index (χ4n) is 1.72. The molecule has 2 rings (SSSR count). The van der Waals surface area contributed by atoms with Crippen LogP contribution >= 0.6 is 0 Å². The third-order valence-electron chi connectivity index (χ3n) is 2.73. The van der Waals surface area contributed by atoms with E-state index in [-0.39, 0.29) is 5.91 Å². The Morgan fingerprint density at radius 1 is 1.47 bits per heavy atom. The summed E-state index contributed by atoms with van der Waals surface area (Å²) in [7, 11) is 1.60. The minimum absolute atomic E-state index is 0.304. The van der Waals surface area contributed by atoms with E-state index in [1.54, 1.807) is 7.11 Å². The van der Waals surface area contributed by atoms with Crippen LogP contribution in [-0.4, -0.2) is 33.6 Å². The van der Waals surface area contributed by atoms with Crippen LogP contribution in [0.5, 0.6) is 5.75 Å². The van der Waals surface area contributed by atoms with E-state index in [0.29, 0.717) is 12.2 Å². The summed E-state index contributed by atoms with van der Waals surface area (Å²) in [5, 5.41) is 13.4. The summed E-state index contributed by atoms with van der Waals surface area (Å²) in [6.07, 6.45) is 0.423. The van der Waals surface area contributed by atoms with Crippen molar-refractivity contribution < 1.29 is 9.53 Å². The van der Waals surface area contributed by atoms with Gasteiger partial charge in [-0.05, 0) is 24.1 Å². The fraction of sp³-hybridized carbons (Fsp3) is 0.273. The van der Waals surface area contributed by atoms with Gasteiger partial charge in [-0.2, -0.15) is 5.21 Å². The van der Waals surface area contributed by atoms with Gasteiger partial charge in [0.05, 0.1) is 7.11 Å². The number of tetrazole rings is 1. The molecule has 19 heavy (non-hydrogen) atoms. The van der Waals surface area contributed by atoms with Crippen LogP contribution < -0.4 is 16.0 Å². The van der Waals surface area contributed by atoms with Crippen molar-refractivity contribution in [2.24, 2.45) is 5.84 Å². The molecule has 0 fully saturated rings. The van der Waals surface area contributed by atoms with Crippen molar-refractivity contribution in [3.8, 4) is 5.75 Å². The summed E-state index contributed by atoms with van der Waals surface area (Å²) < 4.78 is 5.08. The van der Waals surface area contributed by atoms with E-state index in [2.05, 4.69) is 26.0 Å². The van der Waals surface area contributed by atoms with E-state index in [4.69, 9.17) is 10.6 Å². The predicted molar refractivity (Wildman–Crippen MR) is 65.9 cm³/mol. The van der Waals surface area contributed by atoms with Gasteiger partial charge in [-0.3, -0.25) is 10.2 Å². The maximum atomic E-state index is 11.8. The van der Waals surface area contributed by atoms with Gasteiger partial charge in [0.15, 0.2) is 5.82 Å². The van der Waals surface area contributed by atoms with Crippen LogP contribution in [0.1, 0.15) is 17.3 Å². The third kappa shape index (κ3) is 3.05. The summed E-state index contributed by atoms with van der Waals surface area (Å²) >= 11 is 0. The lowest BCUT2D eigenvalue weighted by molar-refractivity contribution is -0.122. The zero-order valence-electron chi connectivity index (χ0n) is 10.3. The standard InChI is InChI=1S/C11H14N6O2/c1-19-8-4-2-7(3-5-8)6-9(11(18)13-12)10-14-16-17-15-10/h2-5,9H,6,12H2,1H3,(H,13,18)(H,14,15,16,17)/t9-/m1/s1. The van der Waals surface area contributed by atoms with Crippen LogP contribution in [0.2, 0.25) is 0 Å². The van der Waals surface area contributed by atoms with Gasteiger partial charge in [0.25, 0.3) is 0 Å². The predicted octanol–water partition coefficient (Wildman–Crippen LogP) is -0.475. The van der Waals surface area contributed by atoms with E-state index in [9.17, 15) is 4.79 Å². The molecule has 2 aromatic rings. The number of hydrazine groups is 1. The molecule has 0 aliphatic rings. The van der Waals surface area contributed by atoms with E-state index >= 15 is 0 Å². The maximum absolute atomic E-state index is 11.8. The third-order valence-corrected chi connectivity index (χ3v) is 2.73. The minimum Gasteiger partial charge on any atom is -0.497 e. The summed E-state index contributed by atoms with van der Waals surface area (Å²) in [4.78, 5) is 11.8. The topological polar surface area (TPSA) is 119 Å². The molecule has 1 heterocycles. The monoisotopic (exact) mass is 262 g/mol. The largest absolute Gasteiger partial charge is 0.497 e. The second kappa shape index (κ2) is 5.91. The Kier molecular flexibility index (Phi) is 4.04. The second-order valence-electron chi connectivity index (χ2n) is 3.88. The van der Waals surface area contributed by atoms with Gasteiger partial charge in [-0.1, -0.05) is 17.3 Å². The van der Waals surface area contributed by atoms with Crippen molar-refractivity contribution in [1.82, 2.24) is 26.0 Å². The van der Waals surface area contributed by atoms with Gasteiger partial charge in [-0.15, -0.1) is 10.2 Å². The Bertz CT molecular complexity index is 525. The number of nitrogens with two attached hydrogens (primary N) is 1. The number of carbonyl (C=O) groups is 1. The minimum atomic E-state index is -0.586. The number of benzene rings is 1. The van der Waals surface area contributed by atoms with Crippen LogP contribution in [0.25, 0.3) is 0 Å². The zero-order valence-corrected chi connectivity index (χ0v) is 10.3. The fourth-order valence-corrected chi connectivity index (χ4v) is 1.72. The normalized spacial score (nSPS) is 11.9. The average molecular weight is 262 g/mol. The quantitative estimate of drug-likeness (QED) is 0.380. The molecule has 0 unspecified atom stereocenters. The van der Waals surface area contributed by atoms with Crippen molar-refractivity contribution in [2.45, 2.75) is 12.3 Å². The van der Waals surface area contributed by atoms with Crippen molar-refractivity contribution in [3.63, 3.8) is 0 Å². The summed E-state index contributed by atoms with van der Waals surface area (Å²) in [5.74, 6) is 5.28. The van der Waals surface area contributed by atoms with E-state index < -0.39 is 5.92 Å². The van der Waals surface area contributed by atoms with E-state index in [1.807, 2.05) is 24.3 Å². The first-order valence-electron chi connectivity index (χ1n) is 5.61. The number of nitrogens with zero attached hydrogens (tertiary/aromatic N) is 3. The first-order chi connectivity index (χ1) is 9.24. The molecule has 0 spiro atoms. The molecule has 8 heteroatoms. The van der Waals surface area contributed by atoms with Gasteiger partial charge < -0.3 is 4.74 Å². The number of aromatic amines is 1. The summed E-state index contributed by atoms with van der Waals surface area (Å²) in [6, 6.07) is 7.39. The number of rotatable bonds is 5. The average Bonchev–Trinajstić information content (AvgIpc) is 2.98. The second-order valence-corrected chi connectivity index (χ2v) is 3.88. The van der Waals surface area contributed by atoms with Crippen LogP contribution in [-0.2, 0) is 11.2 Å². The smallest absolute Gasteiger partial charge is 0.245 e. The molecular formula is C11H14N6O2. The highest BCUT2D eigenvalue weighted by Gasteiger charge is 2.24. The Labute approximate surface area is 109 Å². The van der Waals surface area contributed by atoms with Crippen LogP contribution in [0.15, 0.2) is 24.3 Å². The molecule has 0 aliphatic heterocycles. The van der Waals surface area contributed by atoms with Crippen molar-refractivity contribution >= 4 is 5.91 Å². The number of carbonyl (C=O) groups excluding carboxylic acids is 1. The Morgan fingerprint density at radius 3 is 2.74 bits per heavy atom. The number of hydrogen-bond donors (Lipinski definition) is 3. The highest BCUT2D eigenvalue weighted by Crippen LogP contribution is 2.19. The summed E-state index contributed by atoms with van der Waals surface area (Å²) in [6.45, 7) is 0. The molecule has 100 valence electrons. The molecule has 8 nitrogen and oxygen atoms in total. The van der Waals surface area contributed by atoms with Gasteiger partial charge >= 0.3 is 0 Å². The van der Waals surface area contributed by atoms with Crippen molar-refractivity contribution in [2.75, 3.05) is 7.11 Å². The Hall–Kier alpha value is -2.48. The summed E-state index contributed by atoms with van der Waals surface area (Å²) in [5.41, 5.74) is 3.05. The molecule has 0 radical (unpaired) electrons. The Balaban J connectivity index is 2.18. The maximum Gasteiger partial charge on any atom is 0.245 e. The molecule has 1 aromatic carbocycles. The first-order valence-corrected chi connectivity index (χ1v) is 5.61. The molecule has 0 bridgehead atoms. The van der Waals surface area contributed by atoms with Crippen LogP contribution in [0, 0.1) is 0 Å². The lowest BCUT2D eigenvalue weighted by atomic mass is 9.98. The molecule has 0 saturated carbocycles. The van der Waals surface area contributed by atoms with Gasteiger partial charge in [-0.25, -0.2) is 5.84 Å². The number of H-pyrrole nitrogens is 1. The molecular weight excluding hydrogens is 248 g/mol. The first kappa shape index (κ1) is 13.0. The molecule has 4 N–H and O–H groups in total. The number of amides is 1. The Morgan fingerprint density at radius 2 is 2.21 bits per heavy atom. The molecule has 1 amide bonds. The number of aromatic nitrogens is 4. The van der Waals surface area contributed by atoms with Crippen LogP contribution in [0.3, 0.4) is 0 Å². The van der Waals surface area contributed by atoms with Crippen molar-refractivity contribution in [3.05, 3.63) is 35.7 Å². The van der Waals surface area contributed by atoms with Gasteiger partial charge in [0.1, 0.15) is 11.7 Å². The molecule has 0 saturated heterocycles. The lowest BCUT2D eigenvalue weighted by Crippen LogP contribution is -2.36.